The van der Waals surface area contributed by atoms with Crippen LogP contribution in [0, 0.1) is 0 Å². The van der Waals surface area contributed by atoms with Crippen molar-refractivity contribution in [3.63, 3.8) is 0 Å². The Morgan fingerprint density at radius 2 is 1.19 bits per heavy atom. The fourth-order valence-corrected chi connectivity index (χ4v) is 3.06. The van der Waals surface area contributed by atoms with Gasteiger partial charge in [0, 0.05) is 24.2 Å². The topological polar surface area (TPSA) is 99.3 Å². The lowest BCUT2D eigenvalue weighted by Crippen LogP contribution is -2.22. The number of nitrogens with one attached hydrogen (secondary N) is 4. The van der Waals surface area contributed by atoms with Gasteiger partial charge in [-0.1, -0.05) is 37.0 Å². The number of amides is 3. The number of halogens is 2. The monoisotopic (exact) mass is 464 g/mol. The minimum atomic E-state index is -0.351. The van der Waals surface area contributed by atoms with Crippen LogP contribution < -0.4 is 21.3 Å². The Balaban J connectivity index is 1.99. The number of hydrogen-bond acceptors (Lipinski definition) is 4. The van der Waals surface area contributed by atoms with Crippen LogP contribution in [0.2, 0.25) is 10.0 Å². The second-order valence-electron chi connectivity index (χ2n) is 6.89. The smallest absolute Gasteiger partial charge is 0.243 e. The van der Waals surface area contributed by atoms with E-state index >= 15 is 0 Å². The van der Waals surface area contributed by atoms with Crippen molar-refractivity contribution in [3.05, 3.63) is 46.4 Å². The molecule has 2 aromatic rings. The normalized spacial score (nSPS) is 10.3. The van der Waals surface area contributed by atoms with Crippen molar-refractivity contribution in [2.24, 2.45) is 0 Å². The van der Waals surface area contributed by atoms with Gasteiger partial charge in [0.05, 0.1) is 28.0 Å². The van der Waals surface area contributed by atoms with E-state index < -0.39 is 0 Å². The van der Waals surface area contributed by atoms with E-state index in [-0.39, 0.29) is 24.3 Å². The molecule has 166 valence electrons. The lowest BCUT2D eigenvalue weighted by atomic mass is 10.2. The average molecular weight is 465 g/mol. The highest BCUT2D eigenvalue weighted by Gasteiger charge is 2.10. The molecule has 0 aliphatic rings. The van der Waals surface area contributed by atoms with Gasteiger partial charge in [-0.15, -0.1) is 0 Å². The minimum absolute atomic E-state index is 0.0746. The van der Waals surface area contributed by atoms with Crippen LogP contribution >= 0.6 is 23.2 Å². The van der Waals surface area contributed by atoms with E-state index in [9.17, 15) is 14.4 Å². The number of carbonyl (C=O) groups is 3. The maximum Gasteiger partial charge on any atom is 0.243 e. The number of carbonyl (C=O) groups excluding carboxylic acids is 3. The quantitative estimate of drug-likeness (QED) is 0.371. The summed E-state index contributed by atoms with van der Waals surface area (Å²) in [4.78, 5) is 35.9. The van der Waals surface area contributed by atoms with Crippen LogP contribution in [0.25, 0.3) is 0 Å². The van der Waals surface area contributed by atoms with Gasteiger partial charge in [-0.05, 0) is 49.2 Å². The Labute approximate surface area is 191 Å². The first-order valence-corrected chi connectivity index (χ1v) is 10.8. The van der Waals surface area contributed by atoms with Gasteiger partial charge in [0.1, 0.15) is 0 Å². The van der Waals surface area contributed by atoms with Crippen molar-refractivity contribution < 1.29 is 14.4 Å². The van der Waals surface area contributed by atoms with Crippen molar-refractivity contribution in [1.82, 2.24) is 0 Å². The van der Waals surface area contributed by atoms with Crippen LogP contribution in [0.3, 0.4) is 0 Å². The second-order valence-corrected chi connectivity index (χ2v) is 7.70. The first-order valence-electron chi connectivity index (χ1n) is 10.0. The van der Waals surface area contributed by atoms with E-state index in [4.69, 9.17) is 23.2 Å². The summed E-state index contributed by atoms with van der Waals surface area (Å²) >= 11 is 12.4. The highest BCUT2D eigenvalue weighted by molar-refractivity contribution is 6.34. The van der Waals surface area contributed by atoms with Gasteiger partial charge in [0.2, 0.25) is 17.7 Å². The fourth-order valence-electron chi connectivity index (χ4n) is 2.71. The molecule has 7 nitrogen and oxygen atoms in total. The molecule has 0 bridgehead atoms. The van der Waals surface area contributed by atoms with Crippen molar-refractivity contribution >= 4 is 63.7 Å². The molecule has 0 aromatic heterocycles. The molecule has 4 N–H and O–H groups in total. The van der Waals surface area contributed by atoms with E-state index in [1.54, 1.807) is 36.4 Å². The number of hydrogen-bond donors (Lipinski definition) is 4. The third-order valence-electron chi connectivity index (χ3n) is 4.17. The lowest BCUT2D eigenvalue weighted by Gasteiger charge is -2.13. The van der Waals surface area contributed by atoms with Gasteiger partial charge in [-0.2, -0.15) is 0 Å². The van der Waals surface area contributed by atoms with Gasteiger partial charge >= 0.3 is 0 Å². The van der Waals surface area contributed by atoms with Crippen LogP contribution in [-0.2, 0) is 14.4 Å². The first kappa shape index (κ1) is 24.5. The summed E-state index contributed by atoms with van der Waals surface area (Å²) in [5.74, 6) is -0.547. The van der Waals surface area contributed by atoms with E-state index in [2.05, 4.69) is 21.3 Å². The summed E-state index contributed by atoms with van der Waals surface area (Å²) in [5.41, 5.74) is 2.03. The molecule has 31 heavy (non-hydrogen) atoms. The molecule has 0 saturated heterocycles. The van der Waals surface area contributed by atoms with E-state index in [0.29, 0.717) is 45.6 Å². The Hall–Kier alpha value is -2.77. The van der Waals surface area contributed by atoms with Crippen molar-refractivity contribution in [2.75, 3.05) is 27.8 Å². The van der Waals surface area contributed by atoms with Gasteiger partial charge < -0.3 is 21.3 Å². The zero-order valence-electron chi connectivity index (χ0n) is 17.5. The summed E-state index contributed by atoms with van der Waals surface area (Å²) < 4.78 is 0. The standard InChI is InChI=1S/C22H26Cl2N4O3/c1-3-5-20(29)26-14-7-9-16(23)18(11-14)25-13-22(31)28-19-12-15(8-10-17(19)24)27-21(30)6-4-2/h7-12,25H,3-6,13H2,1-2H3,(H,26,29)(H,27,30)(H,28,31). The Morgan fingerprint density at radius 1 is 0.710 bits per heavy atom. The molecule has 0 unspecified atom stereocenters. The minimum Gasteiger partial charge on any atom is -0.375 e. The van der Waals surface area contributed by atoms with Crippen molar-refractivity contribution in [2.45, 2.75) is 39.5 Å². The number of benzene rings is 2. The van der Waals surface area contributed by atoms with Crippen molar-refractivity contribution in [1.29, 1.82) is 0 Å². The Morgan fingerprint density at radius 3 is 1.71 bits per heavy atom. The highest BCUT2D eigenvalue weighted by atomic mass is 35.5. The lowest BCUT2D eigenvalue weighted by molar-refractivity contribution is -0.117. The summed E-state index contributed by atoms with van der Waals surface area (Å²) in [6, 6.07) is 9.88. The van der Waals surface area contributed by atoms with Crippen LogP contribution in [0.4, 0.5) is 22.7 Å². The van der Waals surface area contributed by atoms with Gasteiger partial charge in [-0.3, -0.25) is 14.4 Å². The highest BCUT2D eigenvalue weighted by Crippen LogP contribution is 2.27. The molecule has 3 amide bonds. The zero-order valence-corrected chi connectivity index (χ0v) is 19.0. The molecular formula is C22H26Cl2N4O3. The molecule has 0 radical (unpaired) electrons. The first-order chi connectivity index (χ1) is 14.8. The third kappa shape index (κ3) is 8.11. The fraction of sp³-hybridized carbons (Fsp3) is 0.318. The summed E-state index contributed by atoms with van der Waals surface area (Å²) in [5, 5.41) is 12.0. The van der Waals surface area contributed by atoms with Gasteiger partial charge in [0.15, 0.2) is 0 Å². The molecule has 0 aliphatic heterocycles. The van der Waals surface area contributed by atoms with E-state index in [0.717, 1.165) is 12.8 Å². The molecule has 0 saturated carbocycles. The van der Waals surface area contributed by atoms with Gasteiger partial charge in [0.25, 0.3) is 0 Å². The summed E-state index contributed by atoms with van der Waals surface area (Å²) in [6.45, 7) is 3.77. The molecule has 0 heterocycles. The molecule has 0 fully saturated rings. The molecule has 0 aliphatic carbocycles. The maximum atomic E-state index is 12.4. The van der Waals surface area contributed by atoms with Crippen LogP contribution in [0.1, 0.15) is 39.5 Å². The van der Waals surface area contributed by atoms with Crippen LogP contribution in [0.5, 0.6) is 0 Å². The molecule has 0 spiro atoms. The molecular weight excluding hydrogens is 439 g/mol. The SMILES string of the molecule is CCCC(=O)Nc1ccc(Cl)c(NCC(=O)Nc2cc(NC(=O)CCC)ccc2Cl)c1. The van der Waals surface area contributed by atoms with Crippen LogP contribution in [0.15, 0.2) is 36.4 Å². The average Bonchev–Trinajstić information content (AvgIpc) is 2.71. The Bertz CT molecular complexity index is 950. The van der Waals surface area contributed by atoms with Crippen LogP contribution in [-0.4, -0.2) is 24.3 Å². The Kier molecular flexibility index (Phi) is 9.62. The molecule has 0 atom stereocenters. The summed E-state index contributed by atoms with van der Waals surface area (Å²) in [6.07, 6.45) is 2.32. The molecule has 2 aromatic carbocycles. The van der Waals surface area contributed by atoms with Gasteiger partial charge in [-0.25, -0.2) is 0 Å². The maximum absolute atomic E-state index is 12.4. The number of anilines is 4. The number of rotatable bonds is 10. The largest absolute Gasteiger partial charge is 0.375 e. The predicted molar refractivity (Wildman–Crippen MR) is 127 cm³/mol. The molecule has 2 rings (SSSR count). The second kappa shape index (κ2) is 12.2. The van der Waals surface area contributed by atoms with E-state index in [1.807, 2.05) is 13.8 Å². The third-order valence-corrected chi connectivity index (χ3v) is 4.83. The van der Waals surface area contributed by atoms with E-state index in [1.165, 1.54) is 0 Å². The predicted octanol–water partition coefficient (Wildman–Crippen LogP) is 5.52. The summed E-state index contributed by atoms with van der Waals surface area (Å²) in [7, 11) is 0. The van der Waals surface area contributed by atoms with Crippen molar-refractivity contribution in [3.8, 4) is 0 Å². The zero-order chi connectivity index (χ0) is 22.8. The molecule has 9 heteroatoms.